The normalized spacial score (nSPS) is 21.3. The Labute approximate surface area is 115 Å². The molecule has 1 aromatic heterocycles. The van der Waals surface area contributed by atoms with Crippen molar-refractivity contribution in [1.29, 1.82) is 0 Å². The summed E-state index contributed by atoms with van der Waals surface area (Å²) in [7, 11) is 0. The number of carboxylic acid groups (broad SMARTS) is 1. The van der Waals surface area contributed by atoms with Crippen LogP contribution in [0, 0.1) is 5.92 Å². The third-order valence-electron chi connectivity index (χ3n) is 3.53. The van der Waals surface area contributed by atoms with E-state index in [1.807, 2.05) is 29.0 Å². The van der Waals surface area contributed by atoms with Crippen LogP contribution in [0.3, 0.4) is 0 Å². The first-order valence-electron chi connectivity index (χ1n) is 6.12. The summed E-state index contributed by atoms with van der Waals surface area (Å²) < 4.78 is 1.94. The number of carboxylic acids is 1. The molecule has 0 bridgehead atoms. The van der Waals surface area contributed by atoms with E-state index >= 15 is 0 Å². The Hall–Kier alpha value is -1.81. The Morgan fingerprint density at radius 1 is 1.53 bits per heavy atom. The number of imidazole rings is 1. The number of halogens is 1. The van der Waals surface area contributed by atoms with Crippen LogP contribution in [0.1, 0.15) is 23.5 Å². The number of hydrogen-bond acceptors (Lipinski definition) is 2. The minimum absolute atomic E-state index is 0.122. The number of aromatic nitrogens is 2. The molecule has 1 N–H and O–H groups in total. The van der Waals surface area contributed by atoms with Gasteiger partial charge in [-0.1, -0.05) is 23.7 Å². The van der Waals surface area contributed by atoms with Gasteiger partial charge in [0, 0.05) is 24.0 Å². The van der Waals surface area contributed by atoms with Crippen LogP contribution in [0.4, 0.5) is 0 Å². The molecule has 1 aliphatic rings. The highest BCUT2D eigenvalue weighted by Gasteiger charge is 2.44. The van der Waals surface area contributed by atoms with Crippen molar-refractivity contribution in [3.05, 3.63) is 53.1 Å². The van der Waals surface area contributed by atoms with Crippen LogP contribution in [0.2, 0.25) is 5.02 Å². The summed E-state index contributed by atoms with van der Waals surface area (Å²) >= 11 is 6.26. The lowest BCUT2D eigenvalue weighted by Crippen LogP contribution is -2.00. The molecule has 1 fully saturated rings. The summed E-state index contributed by atoms with van der Waals surface area (Å²) in [5.74, 6) is -0.837. The first-order valence-corrected chi connectivity index (χ1v) is 6.50. The van der Waals surface area contributed by atoms with Gasteiger partial charge in [-0.2, -0.15) is 0 Å². The number of hydrogen-bond donors (Lipinski definition) is 1. The van der Waals surface area contributed by atoms with E-state index in [4.69, 9.17) is 16.7 Å². The molecule has 1 aliphatic carbocycles. The monoisotopic (exact) mass is 276 g/mol. The van der Waals surface area contributed by atoms with Crippen molar-refractivity contribution in [3.8, 4) is 0 Å². The summed E-state index contributed by atoms with van der Waals surface area (Å²) in [6.07, 6.45) is 6.06. The fraction of sp³-hybridized carbons (Fsp3) is 0.286. The molecular weight excluding hydrogens is 264 g/mol. The molecule has 1 saturated carbocycles. The molecule has 0 amide bonds. The molecule has 19 heavy (non-hydrogen) atoms. The van der Waals surface area contributed by atoms with Gasteiger partial charge in [-0.25, -0.2) is 4.98 Å². The molecule has 0 aliphatic heterocycles. The number of benzene rings is 1. The predicted octanol–water partition coefficient (Wildman–Crippen LogP) is 2.77. The van der Waals surface area contributed by atoms with Gasteiger partial charge in [0.15, 0.2) is 0 Å². The quantitative estimate of drug-likeness (QED) is 0.934. The summed E-state index contributed by atoms with van der Waals surface area (Å²) in [5, 5.41) is 9.62. The second-order valence-corrected chi connectivity index (χ2v) is 5.28. The third kappa shape index (κ3) is 2.49. The van der Waals surface area contributed by atoms with Crippen molar-refractivity contribution in [3.63, 3.8) is 0 Å². The average Bonchev–Trinajstić information content (AvgIpc) is 3.03. The first-order chi connectivity index (χ1) is 9.15. The van der Waals surface area contributed by atoms with Crippen LogP contribution in [0.15, 0.2) is 36.9 Å². The van der Waals surface area contributed by atoms with E-state index in [9.17, 15) is 4.79 Å². The average molecular weight is 277 g/mol. The molecule has 3 rings (SSSR count). The zero-order valence-corrected chi connectivity index (χ0v) is 10.9. The minimum atomic E-state index is -0.719. The van der Waals surface area contributed by atoms with Gasteiger partial charge in [0.2, 0.25) is 0 Å². The second-order valence-electron chi connectivity index (χ2n) is 4.87. The fourth-order valence-corrected chi connectivity index (χ4v) is 2.58. The number of carbonyl (C=O) groups is 1. The largest absolute Gasteiger partial charge is 0.481 e. The maximum Gasteiger partial charge on any atom is 0.307 e. The summed E-state index contributed by atoms with van der Waals surface area (Å²) in [5.41, 5.74) is 2.03. The molecule has 0 radical (unpaired) electrons. The fourth-order valence-electron chi connectivity index (χ4n) is 2.34. The van der Waals surface area contributed by atoms with Crippen LogP contribution in [-0.4, -0.2) is 20.6 Å². The van der Waals surface area contributed by atoms with E-state index < -0.39 is 5.97 Å². The van der Waals surface area contributed by atoms with Gasteiger partial charge in [0.1, 0.15) is 0 Å². The van der Waals surface area contributed by atoms with Crippen molar-refractivity contribution in [2.24, 2.45) is 5.92 Å². The SMILES string of the molecule is O=C(O)C1CC1c1ccc(Cn2ccnc2)c(Cl)c1. The Kier molecular flexibility index (Phi) is 3.03. The van der Waals surface area contributed by atoms with Crippen molar-refractivity contribution >= 4 is 17.6 Å². The highest BCUT2D eigenvalue weighted by Crippen LogP contribution is 2.48. The van der Waals surface area contributed by atoms with Gasteiger partial charge in [-0.3, -0.25) is 4.79 Å². The highest BCUT2D eigenvalue weighted by atomic mass is 35.5. The number of nitrogens with zero attached hydrogens (tertiary/aromatic N) is 2. The Morgan fingerprint density at radius 2 is 2.37 bits per heavy atom. The summed E-state index contributed by atoms with van der Waals surface area (Å²) in [4.78, 5) is 14.9. The first kappa shape index (κ1) is 12.2. The maximum absolute atomic E-state index is 10.9. The maximum atomic E-state index is 10.9. The van der Waals surface area contributed by atoms with E-state index in [-0.39, 0.29) is 11.8 Å². The molecule has 5 heteroatoms. The zero-order valence-electron chi connectivity index (χ0n) is 10.2. The molecule has 98 valence electrons. The molecule has 0 saturated heterocycles. The Morgan fingerprint density at radius 3 is 2.95 bits per heavy atom. The standard InChI is InChI=1S/C14H13ClN2O2/c15-13-5-9(11-6-12(11)14(18)19)1-2-10(13)7-17-4-3-16-8-17/h1-5,8,11-12H,6-7H2,(H,18,19). The molecule has 2 aromatic rings. The second kappa shape index (κ2) is 4.70. The Balaban J connectivity index is 1.77. The van der Waals surface area contributed by atoms with Crippen LogP contribution < -0.4 is 0 Å². The van der Waals surface area contributed by atoms with Gasteiger partial charge in [0.25, 0.3) is 0 Å². The smallest absolute Gasteiger partial charge is 0.307 e. The van der Waals surface area contributed by atoms with Gasteiger partial charge in [-0.05, 0) is 29.5 Å². The third-order valence-corrected chi connectivity index (χ3v) is 3.88. The van der Waals surface area contributed by atoms with Crippen molar-refractivity contribution in [2.75, 3.05) is 0 Å². The van der Waals surface area contributed by atoms with E-state index in [1.165, 1.54) is 0 Å². The molecule has 2 atom stereocenters. The van der Waals surface area contributed by atoms with E-state index in [2.05, 4.69) is 4.98 Å². The van der Waals surface area contributed by atoms with Crippen molar-refractivity contribution in [2.45, 2.75) is 18.9 Å². The van der Waals surface area contributed by atoms with Crippen LogP contribution in [0.25, 0.3) is 0 Å². The molecule has 2 unspecified atom stereocenters. The molecule has 1 heterocycles. The van der Waals surface area contributed by atoms with Crippen LogP contribution >= 0.6 is 11.6 Å². The summed E-state index contributed by atoms with van der Waals surface area (Å²) in [6, 6.07) is 5.84. The lowest BCUT2D eigenvalue weighted by molar-refractivity contribution is -0.138. The Bertz CT molecular complexity index is 610. The lowest BCUT2D eigenvalue weighted by Gasteiger charge is -2.07. The van der Waals surface area contributed by atoms with Crippen molar-refractivity contribution in [1.82, 2.24) is 9.55 Å². The highest BCUT2D eigenvalue weighted by molar-refractivity contribution is 6.31. The predicted molar refractivity (Wildman–Crippen MR) is 71.3 cm³/mol. The zero-order chi connectivity index (χ0) is 13.4. The van der Waals surface area contributed by atoms with E-state index in [1.54, 1.807) is 12.5 Å². The van der Waals surface area contributed by atoms with Crippen LogP contribution in [0.5, 0.6) is 0 Å². The molecule has 0 spiro atoms. The van der Waals surface area contributed by atoms with Gasteiger partial charge in [0.05, 0.1) is 12.2 Å². The molecule has 1 aromatic carbocycles. The topological polar surface area (TPSA) is 55.1 Å². The van der Waals surface area contributed by atoms with Crippen molar-refractivity contribution < 1.29 is 9.90 Å². The number of aliphatic carboxylic acids is 1. The molecule has 4 nitrogen and oxygen atoms in total. The minimum Gasteiger partial charge on any atom is -0.481 e. The molecular formula is C14H13ClN2O2. The number of rotatable bonds is 4. The van der Waals surface area contributed by atoms with E-state index in [0.717, 1.165) is 11.1 Å². The summed E-state index contributed by atoms with van der Waals surface area (Å²) in [6.45, 7) is 0.673. The van der Waals surface area contributed by atoms with Crippen LogP contribution in [-0.2, 0) is 11.3 Å². The van der Waals surface area contributed by atoms with Gasteiger partial charge >= 0.3 is 5.97 Å². The van der Waals surface area contributed by atoms with E-state index in [0.29, 0.717) is 18.0 Å². The van der Waals surface area contributed by atoms with Gasteiger partial charge in [-0.15, -0.1) is 0 Å². The lowest BCUT2D eigenvalue weighted by atomic mass is 10.1. The van der Waals surface area contributed by atoms with Gasteiger partial charge < -0.3 is 9.67 Å².